The number of amides is 1. The number of rotatable bonds is 5. The fraction of sp³-hybridized carbons (Fsp3) is 0.562. The van der Waals surface area contributed by atoms with Gasteiger partial charge in [-0.3, -0.25) is 4.79 Å². The maximum absolute atomic E-state index is 12.4. The minimum Gasteiger partial charge on any atom is -0.334 e. The summed E-state index contributed by atoms with van der Waals surface area (Å²) in [6, 6.07) is 8.14. The Morgan fingerprint density at radius 3 is 2.40 bits per heavy atom. The third-order valence-electron chi connectivity index (χ3n) is 3.34. The van der Waals surface area contributed by atoms with E-state index in [9.17, 15) is 4.79 Å². The summed E-state index contributed by atoms with van der Waals surface area (Å²) in [4.78, 5) is 14.4. The number of nitrogens with one attached hydrogen (secondary N) is 1. The number of benzene rings is 1. The van der Waals surface area contributed by atoms with Gasteiger partial charge in [0.25, 0.3) is 0 Å². The van der Waals surface area contributed by atoms with Crippen LogP contribution >= 0.6 is 11.6 Å². The van der Waals surface area contributed by atoms with E-state index >= 15 is 0 Å². The Bertz CT molecular complexity index is 460. The molecule has 0 spiro atoms. The van der Waals surface area contributed by atoms with Crippen LogP contribution in [0.1, 0.15) is 39.2 Å². The molecular formula is C16H23ClN2O. The van der Waals surface area contributed by atoms with E-state index in [1.54, 1.807) is 0 Å². The zero-order chi connectivity index (χ0) is 14.8. The van der Waals surface area contributed by atoms with Gasteiger partial charge in [-0.05, 0) is 51.3 Å². The molecule has 2 rings (SSSR count). The van der Waals surface area contributed by atoms with Crippen molar-refractivity contribution in [2.75, 3.05) is 6.54 Å². The van der Waals surface area contributed by atoms with E-state index < -0.39 is 0 Å². The maximum Gasteiger partial charge on any atom is 0.237 e. The smallest absolute Gasteiger partial charge is 0.237 e. The summed E-state index contributed by atoms with van der Waals surface area (Å²) in [6.45, 7) is 7.28. The molecule has 20 heavy (non-hydrogen) atoms. The van der Waals surface area contributed by atoms with Crippen LogP contribution in [0, 0.1) is 0 Å². The van der Waals surface area contributed by atoms with Gasteiger partial charge in [-0.1, -0.05) is 23.7 Å². The quantitative estimate of drug-likeness (QED) is 0.904. The normalized spacial score (nSPS) is 15.2. The molecule has 0 atom stereocenters. The summed E-state index contributed by atoms with van der Waals surface area (Å²) in [5.41, 5.74) is 1.09. The summed E-state index contributed by atoms with van der Waals surface area (Å²) >= 11 is 5.90. The largest absolute Gasteiger partial charge is 0.334 e. The van der Waals surface area contributed by atoms with Crippen LogP contribution in [0.4, 0.5) is 0 Å². The first-order chi connectivity index (χ1) is 9.35. The molecule has 1 N–H and O–H groups in total. The molecule has 0 aromatic heterocycles. The van der Waals surface area contributed by atoms with Crippen molar-refractivity contribution in [3.63, 3.8) is 0 Å². The van der Waals surface area contributed by atoms with Crippen LogP contribution in [0.2, 0.25) is 5.02 Å². The van der Waals surface area contributed by atoms with Gasteiger partial charge in [0, 0.05) is 23.1 Å². The highest BCUT2D eigenvalue weighted by molar-refractivity contribution is 6.30. The Balaban J connectivity index is 1.96. The second-order valence-corrected chi connectivity index (χ2v) is 6.92. The van der Waals surface area contributed by atoms with Gasteiger partial charge in [0.1, 0.15) is 0 Å². The molecule has 0 aliphatic heterocycles. The number of carbonyl (C=O) groups excluding carboxylic acids is 1. The molecule has 1 fully saturated rings. The van der Waals surface area contributed by atoms with Crippen molar-refractivity contribution in [1.29, 1.82) is 0 Å². The molecule has 1 amide bonds. The number of hydrogen-bond acceptors (Lipinski definition) is 2. The zero-order valence-electron chi connectivity index (χ0n) is 12.4. The van der Waals surface area contributed by atoms with Gasteiger partial charge in [-0.25, -0.2) is 0 Å². The van der Waals surface area contributed by atoms with Gasteiger partial charge in [-0.15, -0.1) is 0 Å². The monoisotopic (exact) mass is 294 g/mol. The van der Waals surface area contributed by atoms with E-state index in [2.05, 4.69) is 26.1 Å². The summed E-state index contributed by atoms with van der Waals surface area (Å²) in [7, 11) is 0. The average molecular weight is 295 g/mol. The highest BCUT2D eigenvalue weighted by atomic mass is 35.5. The van der Waals surface area contributed by atoms with Gasteiger partial charge in [-0.2, -0.15) is 0 Å². The molecule has 0 saturated heterocycles. The van der Waals surface area contributed by atoms with Gasteiger partial charge < -0.3 is 10.2 Å². The summed E-state index contributed by atoms with van der Waals surface area (Å²) in [5.74, 6) is 0.178. The van der Waals surface area contributed by atoms with Crippen molar-refractivity contribution in [3.05, 3.63) is 34.9 Å². The standard InChI is InChI=1S/C16H23ClN2O/c1-16(2,3)18-10-15(20)19(14-8-9-14)11-12-4-6-13(17)7-5-12/h4-7,14,18H,8-11H2,1-3H3. The first-order valence-corrected chi connectivity index (χ1v) is 7.52. The number of carbonyl (C=O) groups is 1. The lowest BCUT2D eigenvalue weighted by Gasteiger charge is -2.26. The first kappa shape index (κ1) is 15.3. The van der Waals surface area contributed by atoms with E-state index in [1.807, 2.05) is 29.2 Å². The molecule has 0 heterocycles. The lowest BCUT2D eigenvalue weighted by Crippen LogP contribution is -2.45. The highest BCUT2D eigenvalue weighted by Crippen LogP contribution is 2.28. The molecule has 0 radical (unpaired) electrons. The fourth-order valence-corrected chi connectivity index (χ4v) is 2.16. The molecule has 0 unspecified atom stereocenters. The molecule has 4 heteroatoms. The minimum absolute atomic E-state index is 0.0366. The highest BCUT2D eigenvalue weighted by Gasteiger charge is 2.32. The van der Waals surface area contributed by atoms with Crippen molar-refractivity contribution in [1.82, 2.24) is 10.2 Å². The Morgan fingerprint density at radius 2 is 1.90 bits per heavy atom. The van der Waals surface area contributed by atoms with Crippen molar-refractivity contribution < 1.29 is 4.79 Å². The van der Waals surface area contributed by atoms with E-state index in [0.717, 1.165) is 23.4 Å². The molecule has 1 saturated carbocycles. The van der Waals surface area contributed by atoms with Crippen LogP contribution in [-0.4, -0.2) is 28.9 Å². The summed E-state index contributed by atoms with van der Waals surface area (Å²) in [6.07, 6.45) is 2.24. The zero-order valence-corrected chi connectivity index (χ0v) is 13.2. The van der Waals surface area contributed by atoms with Crippen molar-refractivity contribution in [2.24, 2.45) is 0 Å². The molecule has 110 valence electrons. The van der Waals surface area contributed by atoms with E-state index in [-0.39, 0.29) is 11.4 Å². The molecule has 0 bridgehead atoms. The summed E-state index contributed by atoms with van der Waals surface area (Å²) in [5, 5.41) is 4.00. The van der Waals surface area contributed by atoms with E-state index in [1.165, 1.54) is 0 Å². The predicted molar refractivity (Wildman–Crippen MR) is 82.8 cm³/mol. The van der Waals surface area contributed by atoms with Crippen LogP contribution in [0.5, 0.6) is 0 Å². The molecule has 1 aliphatic carbocycles. The van der Waals surface area contributed by atoms with E-state index in [0.29, 0.717) is 19.1 Å². The van der Waals surface area contributed by atoms with Crippen LogP contribution in [-0.2, 0) is 11.3 Å². The summed E-state index contributed by atoms with van der Waals surface area (Å²) < 4.78 is 0. The number of nitrogens with zero attached hydrogens (tertiary/aromatic N) is 1. The van der Waals surface area contributed by atoms with Gasteiger partial charge in [0.15, 0.2) is 0 Å². The maximum atomic E-state index is 12.4. The Kier molecular flexibility index (Phi) is 4.71. The topological polar surface area (TPSA) is 32.3 Å². The second-order valence-electron chi connectivity index (χ2n) is 6.48. The molecule has 3 nitrogen and oxygen atoms in total. The second kappa shape index (κ2) is 6.15. The first-order valence-electron chi connectivity index (χ1n) is 7.14. The van der Waals surface area contributed by atoms with Crippen molar-refractivity contribution in [3.8, 4) is 0 Å². The predicted octanol–water partition coefficient (Wildman–Crippen LogP) is 3.22. The van der Waals surface area contributed by atoms with Crippen LogP contribution in [0.3, 0.4) is 0 Å². The number of hydrogen-bond donors (Lipinski definition) is 1. The van der Waals surface area contributed by atoms with Crippen LogP contribution in [0.15, 0.2) is 24.3 Å². The van der Waals surface area contributed by atoms with Crippen LogP contribution in [0.25, 0.3) is 0 Å². The van der Waals surface area contributed by atoms with Gasteiger partial charge >= 0.3 is 0 Å². The van der Waals surface area contributed by atoms with Crippen molar-refractivity contribution in [2.45, 2.75) is 51.7 Å². The third-order valence-corrected chi connectivity index (χ3v) is 3.60. The Hall–Kier alpha value is -1.06. The molecule has 1 aromatic rings. The third kappa shape index (κ3) is 4.80. The van der Waals surface area contributed by atoms with Gasteiger partial charge in [0.2, 0.25) is 5.91 Å². The Morgan fingerprint density at radius 1 is 1.30 bits per heavy atom. The molecule has 1 aliphatic rings. The lowest BCUT2D eigenvalue weighted by molar-refractivity contribution is -0.131. The van der Waals surface area contributed by atoms with Crippen LogP contribution < -0.4 is 5.32 Å². The lowest BCUT2D eigenvalue weighted by atomic mass is 10.1. The Labute approximate surface area is 126 Å². The molecular weight excluding hydrogens is 272 g/mol. The number of halogens is 1. The fourth-order valence-electron chi connectivity index (χ4n) is 2.04. The van der Waals surface area contributed by atoms with Gasteiger partial charge in [0.05, 0.1) is 6.54 Å². The average Bonchev–Trinajstić information content (AvgIpc) is 3.18. The van der Waals surface area contributed by atoms with Crippen molar-refractivity contribution >= 4 is 17.5 Å². The molecule has 1 aromatic carbocycles. The minimum atomic E-state index is -0.0366. The van der Waals surface area contributed by atoms with E-state index in [4.69, 9.17) is 11.6 Å². The SMILES string of the molecule is CC(C)(C)NCC(=O)N(Cc1ccc(Cl)cc1)C1CC1.